The van der Waals surface area contributed by atoms with E-state index < -0.39 is 0 Å². The second-order valence-electron chi connectivity index (χ2n) is 4.22. The van der Waals surface area contributed by atoms with Gasteiger partial charge in [0.15, 0.2) is 0 Å². The van der Waals surface area contributed by atoms with Gasteiger partial charge in [0.2, 0.25) is 5.91 Å². The molecule has 1 saturated heterocycles. The van der Waals surface area contributed by atoms with E-state index in [-0.39, 0.29) is 12.0 Å². The molecule has 4 heteroatoms. The average molecular weight is 214 g/mol. The van der Waals surface area contributed by atoms with E-state index in [1.165, 1.54) is 0 Å². The van der Waals surface area contributed by atoms with E-state index in [9.17, 15) is 4.79 Å². The monoisotopic (exact) mass is 214 g/mol. The van der Waals surface area contributed by atoms with Gasteiger partial charge in [-0.05, 0) is 32.7 Å². The Morgan fingerprint density at radius 1 is 1.67 bits per heavy atom. The summed E-state index contributed by atoms with van der Waals surface area (Å²) < 4.78 is 5.10. The van der Waals surface area contributed by atoms with Gasteiger partial charge in [-0.3, -0.25) is 4.79 Å². The molecule has 0 aromatic heterocycles. The first-order valence-electron chi connectivity index (χ1n) is 5.74. The van der Waals surface area contributed by atoms with Crippen LogP contribution in [0.15, 0.2) is 0 Å². The van der Waals surface area contributed by atoms with Crippen LogP contribution in [0.2, 0.25) is 0 Å². The highest BCUT2D eigenvalue weighted by Crippen LogP contribution is 2.09. The highest BCUT2D eigenvalue weighted by atomic mass is 16.5. The fourth-order valence-electron chi connectivity index (χ4n) is 2.02. The van der Waals surface area contributed by atoms with E-state index in [0.29, 0.717) is 12.1 Å². The maximum atomic E-state index is 11.7. The predicted molar refractivity (Wildman–Crippen MR) is 59.7 cm³/mol. The molecule has 4 nitrogen and oxygen atoms in total. The third-order valence-electron chi connectivity index (χ3n) is 2.92. The summed E-state index contributed by atoms with van der Waals surface area (Å²) in [6.45, 7) is 5.08. The summed E-state index contributed by atoms with van der Waals surface area (Å²) in [6, 6.07) is 0.796. The minimum atomic E-state index is -0.296. The van der Waals surface area contributed by atoms with Gasteiger partial charge < -0.3 is 15.4 Å². The average Bonchev–Trinajstić information content (AvgIpc) is 2.19. The molecule has 15 heavy (non-hydrogen) atoms. The van der Waals surface area contributed by atoms with Crippen LogP contribution in [0.1, 0.15) is 33.1 Å². The number of carbonyl (C=O) groups excluding carboxylic acids is 1. The minimum absolute atomic E-state index is 0.0269. The third kappa shape index (κ3) is 3.80. The lowest BCUT2D eigenvalue weighted by Gasteiger charge is -2.29. The van der Waals surface area contributed by atoms with Crippen LogP contribution in [0, 0.1) is 0 Å². The number of ether oxygens (including phenoxy) is 1. The van der Waals surface area contributed by atoms with Gasteiger partial charge in [-0.25, -0.2) is 0 Å². The molecule has 0 saturated carbocycles. The Labute approximate surface area is 91.8 Å². The number of carbonyl (C=O) groups is 1. The highest BCUT2D eigenvalue weighted by Gasteiger charge is 2.23. The van der Waals surface area contributed by atoms with E-state index in [1.807, 2.05) is 6.92 Å². The zero-order valence-electron chi connectivity index (χ0n) is 9.88. The van der Waals surface area contributed by atoms with Crippen LogP contribution in [-0.2, 0) is 9.53 Å². The Hall–Kier alpha value is -0.610. The summed E-state index contributed by atoms with van der Waals surface area (Å²) in [5, 5.41) is 6.41. The first-order valence-corrected chi connectivity index (χ1v) is 5.74. The number of rotatable bonds is 4. The molecule has 1 aliphatic heterocycles. The molecule has 0 aliphatic carbocycles. The lowest BCUT2D eigenvalue weighted by molar-refractivity contribution is -0.132. The first kappa shape index (κ1) is 12.5. The van der Waals surface area contributed by atoms with Gasteiger partial charge in [-0.15, -0.1) is 0 Å². The number of amides is 1. The van der Waals surface area contributed by atoms with Crippen molar-refractivity contribution in [2.24, 2.45) is 0 Å². The van der Waals surface area contributed by atoms with Crippen LogP contribution in [0.4, 0.5) is 0 Å². The second kappa shape index (κ2) is 6.08. The van der Waals surface area contributed by atoms with Crippen LogP contribution in [-0.4, -0.2) is 37.7 Å². The van der Waals surface area contributed by atoms with E-state index in [1.54, 1.807) is 7.11 Å². The van der Waals surface area contributed by atoms with Crippen molar-refractivity contribution < 1.29 is 9.53 Å². The van der Waals surface area contributed by atoms with Gasteiger partial charge in [-0.1, -0.05) is 6.92 Å². The zero-order valence-corrected chi connectivity index (χ0v) is 9.88. The number of nitrogens with one attached hydrogen (secondary N) is 2. The summed E-state index contributed by atoms with van der Waals surface area (Å²) in [5.74, 6) is 0.0269. The summed E-state index contributed by atoms with van der Waals surface area (Å²) >= 11 is 0. The van der Waals surface area contributed by atoms with Gasteiger partial charge >= 0.3 is 0 Å². The number of piperidine rings is 1. The smallest absolute Gasteiger partial charge is 0.249 e. The van der Waals surface area contributed by atoms with Gasteiger partial charge in [0.25, 0.3) is 0 Å². The van der Waals surface area contributed by atoms with Gasteiger partial charge in [-0.2, -0.15) is 0 Å². The second-order valence-corrected chi connectivity index (χ2v) is 4.22. The van der Waals surface area contributed by atoms with Crippen LogP contribution < -0.4 is 10.6 Å². The Morgan fingerprint density at radius 2 is 2.40 bits per heavy atom. The van der Waals surface area contributed by atoms with E-state index in [0.717, 1.165) is 25.8 Å². The van der Waals surface area contributed by atoms with Crippen LogP contribution >= 0.6 is 0 Å². The van der Waals surface area contributed by atoms with Crippen molar-refractivity contribution >= 4 is 5.91 Å². The number of methoxy groups -OCH3 is 1. The van der Waals surface area contributed by atoms with Crippen molar-refractivity contribution in [2.45, 2.75) is 51.3 Å². The van der Waals surface area contributed by atoms with Crippen molar-refractivity contribution in [2.75, 3.05) is 13.7 Å². The Bertz CT molecular complexity index is 205. The largest absolute Gasteiger partial charge is 0.372 e. The molecular formula is C11H22N2O2. The minimum Gasteiger partial charge on any atom is -0.372 e. The molecule has 1 rings (SSSR count). The van der Waals surface area contributed by atoms with Crippen molar-refractivity contribution in [3.63, 3.8) is 0 Å². The molecule has 0 radical (unpaired) electrons. The van der Waals surface area contributed by atoms with Crippen molar-refractivity contribution in [3.05, 3.63) is 0 Å². The SMILES string of the molecule is CCC(OC)C(=O)NC1CCNC(C)C1. The van der Waals surface area contributed by atoms with Crippen molar-refractivity contribution in [1.29, 1.82) is 0 Å². The quantitative estimate of drug-likeness (QED) is 0.723. The Balaban J connectivity index is 2.36. The summed E-state index contributed by atoms with van der Waals surface area (Å²) in [4.78, 5) is 11.7. The van der Waals surface area contributed by atoms with Gasteiger partial charge in [0.05, 0.1) is 0 Å². The van der Waals surface area contributed by atoms with Crippen LogP contribution in [0.3, 0.4) is 0 Å². The molecule has 0 spiro atoms. The molecule has 2 N–H and O–H groups in total. The molecule has 1 amide bonds. The molecule has 0 aromatic rings. The lowest BCUT2D eigenvalue weighted by atomic mass is 10.0. The van der Waals surface area contributed by atoms with Crippen molar-refractivity contribution in [3.8, 4) is 0 Å². The summed E-state index contributed by atoms with van der Waals surface area (Å²) in [5.41, 5.74) is 0. The molecule has 0 bridgehead atoms. The van der Waals surface area contributed by atoms with E-state index in [4.69, 9.17) is 4.74 Å². The fraction of sp³-hybridized carbons (Fsp3) is 0.909. The summed E-state index contributed by atoms with van der Waals surface area (Å²) in [6.07, 6.45) is 2.44. The standard InChI is InChI=1S/C11H22N2O2/c1-4-10(15-3)11(14)13-9-5-6-12-8(2)7-9/h8-10,12H,4-7H2,1-3H3,(H,13,14). The lowest BCUT2D eigenvalue weighted by Crippen LogP contribution is -2.49. The molecule has 3 unspecified atom stereocenters. The molecule has 0 aromatic carbocycles. The molecule has 1 fully saturated rings. The molecule has 88 valence electrons. The summed E-state index contributed by atoms with van der Waals surface area (Å²) in [7, 11) is 1.58. The van der Waals surface area contributed by atoms with Gasteiger partial charge in [0, 0.05) is 19.2 Å². The normalized spacial score (nSPS) is 28.5. The maximum Gasteiger partial charge on any atom is 0.249 e. The van der Waals surface area contributed by atoms with E-state index >= 15 is 0 Å². The Morgan fingerprint density at radius 3 is 2.93 bits per heavy atom. The topological polar surface area (TPSA) is 50.4 Å². The number of hydrogen-bond acceptors (Lipinski definition) is 3. The van der Waals surface area contributed by atoms with Gasteiger partial charge in [0.1, 0.15) is 6.10 Å². The molecule has 1 heterocycles. The third-order valence-corrected chi connectivity index (χ3v) is 2.92. The fourth-order valence-corrected chi connectivity index (χ4v) is 2.02. The molecule has 3 atom stereocenters. The predicted octanol–water partition coefficient (Wildman–Crippen LogP) is 0.668. The Kier molecular flexibility index (Phi) is 5.05. The highest BCUT2D eigenvalue weighted by molar-refractivity contribution is 5.80. The van der Waals surface area contributed by atoms with E-state index in [2.05, 4.69) is 17.6 Å². The zero-order chi connectivity index (χ0) is 11.3. The molecular weight excluding hydrogens is 192 g/mol. The van der Waals surface area contributed by atoms with Crippen LogP contribution in [0.5, 0.6) is 0 Å². The first-order chi connectivity index (χ1) is 7.17. The van der Waals surface area contributed by atoms with Crippen LogP contribution in [0.25, 0.3) is 0 Å². The number of hydrogen-bond donors (Lipinski definition) is 2. The van der Waals surface area contributed by atoms with Crippen molar-refractivity contribution in [1.82, 2.24) is 10.6 Å². The maximum absolute atomic E-state index is 11.7. The molecule has 1 aliphatic rings.